The molecule has 0 saturated heterocycles. The smallest absolute Gasteiger partial charge is 0.327 e. The van der Waals surface area contributed by atoms with Crippen molar-refractivity contribution in [3.63, 3.8) is 0 Å². The fourth-order valence-corrected chi connectivity index (χ4v) is 1.85. The number of carboxylic acid groups (broad SMARTS) is 1. The van der Waals surface area contributed by atoms with E-state index in [2.05, 4.69) is 28.6 Å². The summed E-state index contributed by atoms with van der Waals surface area (Å²) in [6.07, 6.45) is -1.37. The van der Waals surface area contributed by atoms with Gasteiger partial charge < -0.3 is 37.0 Å². The number of amides is 3. The maximum atomic E-state index is 12.1. The predicted molar refractivity (Wildman–Crippen MR) is 89.7 cm³/mol. The maximum absolute atomic E-state index is 12.1. The Balaban J connectivity index is 5.04. The Kier molecular flexibility index (Phi) is 10.0. The summed E-state index contributed by atoms with van der Waals surface area (Å²) in [5.74, 6) is -4.15. The summed E-state index contributed by atoms with van der Waals surface area (Å²) in [4.78, 5) is 46.6. The van der Waals surface area contributed by atoms with Gasteiger partial charge in [0.25, 0.3) is 0 Å². The van der Waals surface area contributed by atoms with Crippen LogP contribution in [0.15, 0.2) is 0 Å². The second-order valence-corrected chi connectivity index (χ2v) is 5.71. The molecule has 0 fully saturated rings. The maximum Gasteiger partial charge on any atom is 0.327 e. The average Bonchev–Trinajstić information content (AvgIpc) is 2.53. The highest BCUT2D eigenvalue weighted by molar-refractivity contribution is 7.80. The van der Waals surface area contributed by atoms with Crippen LogP contribution in [0.1, 0.15) is 13.8 Å². The molecular weight excluding hydrogens is 356 g/mol. The van der Waals surface area contributed by atoms with Gasteiger partial charge in [-0.15, -0.1) is 0 Å². The van der Waals surface area contributed by atoms with E-state index in [4.69, 9.17) is 10.8 Å². The quantitative estimate of drug-likeness (QED) is 0.177. The summed E-state index contributed by atoms with van der Waals surface area (Å²) in [5, 5.41) is 34.2. The predicted octanol–water partition coefficient (Wildman–Crippen LogP) is -3.82. The first-order chi connectivity index (χ1) is 11.5. The Hall–Kier alpha value is -1.89. The van der Waals surface area contributed by atoms with Crippen LogP contribution in [0.5, 0.6) is 0 Å². The molecule has 0 aromatic rings. The Morgan fingerprint density at radius 2 is 1.52 bits per heavy atom. The minimum absolute atomic E-state index is 0.203. The van der Waals surface area contributed by atoms with Crippen molar-refractivity contribution in [3.05, 3.63) is 0 Å². The summed E-state index contributed by atoms with van der Waals surface area (Å²) in [5.41, 5.74) is 5.34. The minimum atomic E-state index is -1.50. The topological polar surface area (TPSA) is 191 Å². The fourth-order valence-electron chi connectivity index (χ4n) is 1.60. The number of thiol groups is 1. The standard InChI is InChI=1S/C13H24N4O7S/c1-5(14)10(20)15-7(3-18)11(21)17-9(6(2)19)12(22)16-8(4-25)13(23)24/h5-9,18-19,25H,3-4,14H2,1-2H3,(H,15,20)(H,16,22)(H,17,21)(H,23,24). The van der Waals surface area contributed by atoms with Gasteiger partial charge >= 0.3 is 5.97 Å². The number of aliphatic carboxylic acids is 1. The second-order valence-electron chi connectivity index (χ2n) is 5.34. The first kappa shape index (κ1) is 23.1. The van der Waals surface area contributed by atoms with E-state index in [0.717, 1.165) is 0 Å². The molecule has 0 spiro atoms. The molecule has 3 amide bonds. The lowest BCUT2D eigenvalue weighted by atomic mass is 10.1. The van der Waals surface area contributed by atoms with Gasteiger partial charge in [-0.25, -0.2) is 4.79 Å². The lowest BCUT2D eigenvalue weighted by Crippen LogP contribution is -2.60. The molecule has 5 atom stereocenters. The van der Waals surface area contributed by atoms with Crippen LogP contribution < -0.4 is 21.7 Å². The highest BCUT2D eigenvalue weighted by Gasteiger charge is 2.31. The number of aliphatic hydroxyl groups excluding tert-OH is 2. The molecule has 11 nitrogen and oxygen atoms in total. The molecule has 0 rings (SSSR count). The molecule has 144 valence electrons. The van der Waals surface area contributed by atoms with Gasteiger partial charge in [-0.05, 0) is 13.8 Å². The van der Waals surface area contributed by atoms with E-state index in [9.17, 15) is 29.4 Å². The van der Waals surface area contributed by atoms with E-state index in [1.54, 1.807) is 0 Å². The fraction of sp³-hybridized carbons (Fsp3) is 0.692. The third-order valence-electron chi connectivity index (χ3n) is 3.09. The zero-order valence-corrected chi connectivity index (χ0v) is 14.7. The Bertz CT molecular complexity index is 501. The van der Waals surface area contributed by atoms with Crippen molar-refractivity contribution in [1.29, 1.82) is 0 Å². The van der Waals surface area contributed by atoms with Crippen molar-refractivity contribution >= 4 is 36.3 Å². The Labute approximate surface area is 149 Å². The number of carbonyl (C=O) groups is 4. The van der Waals surface area contributed by atoms with Crippen LogP contribution in [-0.2, 0) is 19.2 Å². The van der Waals surface area contributed by atoms with Crippen LogP contribution in [0.2, 0.25) is 0 Å². The van der Waals surface area contributed by atoms with Crippen molar-refractivity contribution < 1.29 is 34.5 Å². The van der Waals surface area contributed by atoms with Gasteiger partial charge in [0.2, 0.25) is 17.7 Å². The van der Waals surface area contributed by atoms with Gasteiger partial charge in [-0.1, -0.05) is 0 Å². The van der Waals surface area contributed by atoms with Gasteiger partial charge in [-0.2, -0.15) is 12.6 Å². The summed E-state index contributed by atoms with van der Waals surface area (Å²) < 4.78 is 0. The van der Waals surface area contributed by atoms with Crippen molar-refractivity contribution in [3.8, 4) is 0 Å². The zero-order valence-electron chi connectivity index (χ0n) is 13.8. The molecular formula is C13H24N4O7S. The normalized spacial score (nSPS) is 16.7. The van der Waals surface area contributed by atoms with E-state index in [-0.39, 0.29) is 5.75 Å². The van der Waals surface area contributed by atoms with E-state index >= 15 is 0 Å². The number of carbonyl (C=O) groups excluding carboxylic acids is 3. The molecule has 0 saturated carbocycles. The first-order valence-electron chi connectivity index (χ1n) is 7.34. The molecule has 25 heavy (non-hydrogen) atoms. The molecule has 0 aromatic heterocycles. The van der Waals surface area contributed by atoms with Crippen LogP contribution >= 0.6 is 12.6 Å². The molecule has 12 heteroatoms. The van der Waals surface area contributed by atoms with Crippen LogP contribution in [0, 0.1) is 0 Å². The highest BCUT2D eigenvalue weighted by Crippen LogP contribution is 1.98. The number of hydrogen-bond acceptors (Lipinski definition) is 8. The number of hydrogen-bond donors (Lipinski definition) is 8. The van der Waals surface area contributed by atoms with Crippen molar-refractivity contribution in [2.75, 3.05) is 12.4 Å². The van der Waals surface area contributed by atoms with Crippen LogP contribution in [-0.4, -0.2) is 81.6 Å². The highest BCUT2D eigenvalue weighted by atomic mass is 32.1. The third-order valence-corrected chi connectivity index (χ3v) is 3.45. The minimum Gasteiger partial charge on any atom is -0.480 e. The molecule has 0 aliphatic carbocycles. The first-order valence-corrected chi connectivity index (χ1v) is 7.97. The van der Waals surface area contributed by atoms with Gasteiger partial charge in [0.15, 0.2) is 0 Å². The van der Waals surface area contributed by atoms with E-state index in [1.807, 2.05) is 0 Å². The Morgan fingerprint density at radius 3 is 1.88 bits per heavy atom. The van der Waals surface area contributed by atoms with Crippen LogP contribution in [0.4, 0.5) is 0 Å². The monoisotopic (exact) mass is 380 g/mol. The number of aliphatic hydroxyl groups is 2. The molecule has 8 N–H and O–H groups in total. The average molecular weight is 380 g/mol. The second kappa shape index (κ2) is 10.9. The van der Waals surface area contributed by atoms with Gasteiger partial charge in [-0.3, -0.25) is 14.4 Å². The SMILES string of the molecule is CC(N)C(=O)NC(CO)C(=O)NC(C(=O)NC(CS)C(=O)O)C(C)O. The molecule has 0 aliphatic rings. The summed E-state index contributed by atoms with van der Waals surface area (Å²) in [6.45, 7) is 1.81. The summed E-state index contributed by atoms with van der Waals surface area (Å²) in [7, 11) is 0. The molecule has 5 unspecified atom stereocenters. The van der Waals surface area contributed by atoms with Crippen LogP contribution in [0.25, 0.3) is 0 Å². The van der Waals surface area contributed by atoms with Gasteiger partial charge in [0.05, 0.1) is 18.8 Å². The van der Waals surface area contributed by atoms with E-state index in [0.29, 0.717) is 0 Å². The van der Waals surface area contributed by atoms with Crippen molar-refractivity contribution in [2.24, 2.45) is 5.73 Å². The molecule has 0 radical (unpaired) electrons. The lowest BCUT2D eigenvalue weighted by molar-refractivity contribution is -0.142. The van der Waals surface area contributed by atoms with Gasteiger partial charge in [0, 0.05) is 5.75 Å². The Morgan fingerprint density at radius 1 is 1.00 bits per heavy atom. The largest absolute Gasteiger partial charge is 0.480 e. The molecule has 0 heterocycles. The van der Waals surface area contributed by atoms with Crippen molar-refractivity contribution in [1.82, 2.24) is 16.0 Å². The summed E-state index contributed by atoms with van der Waals surface area (Å²) in [6, 6.07) is -5.15. The number of nitrogens with one attached hydrogen (secondary N) is 3. The van der Waals surface area contributed by atoms with Gasteiger partial charge in [0.1, 0.15) is 18.1 Å². The van der Waals surface area contributed by atoms with Crippen molar-refractivity contribution in [2.45, 2.75) is 44.1 Å². The number of nitrogens with two attached hydrogens (primary N) is 1. The van der Waals surface area contributed by atoms with Crippen LogP contribution in [0.3, 0.4) is 0 Å². The molecule has 0 aliphatic heterocycles. The number of carboxylic acids is 1. The van der Waals surface area contributed by atoms with E-state index in [1.165, 1.54) is 13.8 Å². The van der Waals surface area contributed by atoms with E-state index < -0.39 is 60.6 Å². The zero-order chi connectivity index (χ0) is 19.7. The number of rotatable bonds is 10. The lowest BCUT2D eigenvalue weighted by Gasteiger charge is -2.25. The summed E-state index contributed by atoms with van der Waals surface area (Å²) >= 11 is 3.79. The third kappa shape index (κ3) is 7.69. The molecule has 0 aromatic carbocycles. The molecule has 0 bridgehead atoms.